The largest absolute Gasteiger partial charge is 0.355 e. The number of likely N-dealkylation sites (N-methyl/N-ethyl adjacent to an activating group) is 1. The van der Waals surface area contributed by atoms with Crippen molar-refractivity contribution in [2.75, 3.05) is 23.7 Å². The molecule has 0 aromatic heterocycles. The quantitative estimate of drug-likeness (QED) is 0.394. The summed E-state index contributed by atoms with van der Waals surface area (Å²) in [6, 6.07) is 20.1. The van der Waals surface area contributed by atoms with E-state index in [9.17, 15) is 22.4 Å². The summed E-state index contributed by atoms with van der Waals surface area (Å²) in [5.74, 6) is -1.43. The molecule has 7 nitrogen and oxygen atoms in total. The number of rotatable bonds is 11. The van der Waals surface area contributed by atoms with Crippen LogP contribution in [-0.2, 0) is 32.6 Å². The van der Waals surface area contributed by atoms with Gasteiger partial charge in [-0.15, -0.1) is 0 Å². The van der Waals surface area contributed by atoms with Crippen molar-refractivity contribution in [2.24, 2.45) is 0 Å². The first-order chi connectivity index (χ1) is 17.6. The summed E-state index contributed by atoms with van der Waals surface area (Å²) in [5.41, 5.74) is 1.56. The molecule has 0 fully saturated rings. The molecule has 1 N–H and O–H groups in total. The second-order valence-corrected chi connectivity index (χ2v) is 10.8. The second-order valence-electron chi connectivity index (χ2n) is 8.47. The molecular weight excluding hydrogens is 517 g/mol. The van der Waals surface area contributed by atoms with E-state index in [1.807, 2.05) is 30.3 Å². The van der Waals surface area contributed by atoms with Crippen LogP contribution in [0, 0.1) is 5.82 Å². The number of hydrogen-bond donors (Lipinski definition) is 1. The topological polar surface area (TPSA) is 86.8 Å². The Balaban J connectivity index is 2.04. The summed E-state index contributed by atoms with van der Waals surface area (Å²) in [4.78, 5) is 28.4. The summed E-state index contributed by atoms with van der Waals surface area (Å²) < 4.78 is 39.9. The second kappa shape index (κ2) is 12.7. The number of sulfonamides is 1. The standard InChI is InChI=1S/C27H29ClFN3O4S/c1-3-30-27(34)25(17-20-9-5-4-6-10-20)31(18-21-13-15-22(29)16-14-21)26(33)19-32(37(2,35)36)24-12-8-7-11-23(24)28/h4-16,25H,3,17-19H2,1-2H3,(H,30,34)/t25-/m1/s1. The van der Waals surface area contributed by atoms with Gasteiger partial charge in [0.05, 0.1) is 17.0 Å². The molecule has 196 valence electrons. The molecule has 0 aliphatic heterocycles. The van der Waals surface area contributed by atoms with E-state index in [1.165, 1.54) is 41.3 Å². The maximum atomic E-state index is 13.8. The van der Waals surface area contributed by atoms with Crippen LogP contribution in [0.3, 0.4) is 0 Å². The van der Waals surface area contributed by atoms with Gasteiger partial charge in [-0.3, -0.25) is 13.9 Å². The van der Waals surface area contributed by atoms with E-state index in [1.54, 1.807) is 19.1 Å². The third-order valence-corrected chi connectivity index (χ3v) is 7.13. The van der Waals surface area contributed by atoms with E-state index < -0.39 is 34.3 Å². The van der Waals surface area contributed by atoms with Crippen LogP contribution < -0.4 is 9.62 Å². The highest BCUT2D eigenvalue weighted by Crippen LogP contribution is 2.27. The lowest BCUT2D eigenvalue weighted by Gasteiger charge is -2.33. The van der Waals surface area contributed by atoms with Gasteiger partial charge in [0.25, 0.3) is 0 Å². The van der Waals surface area contributed by atoms with Gasteiger partial charge in [-0.25, -0.2) is 12.8 Å². The summed E-state index contributed by atoms with van der Waals surface area (Å²) in [5, 5.41) is 2.94. The molecule has 0 saturated carbocycles. The maximum Gasteiger partial charge on any atom is 0.244 e. The van der Waals surface area contributed by atoms with Crippen LogP contribution in [0.5, 0.6) is 0 Å². The predicted molar refractivity (Wildman–Crippen MR) is 143 cm³/mol. The van der Waals surface area contributed by atoms with Gasteiger partial charge in [-0.1, -0.05) is 66.2 Å². The number of amides is 2. The number of halogens is 2. The third kappa shape index (κ3) is 7.77. The third-order valence-electron chi connectivity index (χ3n) is 5.69. The molecule has 0 aliphatic carbocycles. The molecule has 0 bridgehead atoms. The van der Waals surface area contributed by atoms with Gasteiger partial charge >= 0.3 is 0 Å². The number of benzene rings is 3. The fourth-order valence-corrected chi connectivity index (χ4v) is 5.03. The first-order valence-electron chi connectivity index (χ1n) is 11.7. The van der Waals surface area contributed by atoms with E-state index in [2.05, 4.69) is 5.32 Å². The van der Waals surface area contributed by atoms with E-state index in [-0.39, 0.29) is 29.6 Å². The smallest absolute Gasteiger partial charge is 0.244 e. The van der Waals surface area contributed by atoms with Crippen LogP contribution in [-0.4, -0.2) is 50.5 Å². The minimum Gasteiger partial charge on any atom is -0.355 e. The molecule has 0 saturated heterocycles. The lowest BCUT2D eigenvalue weighted by molar-refractivity contribution is -0.140. The highest BCUT2D eigenvalue weighted by atomic mass is 35.5. The Morgan fingerprint density at radius 1 is 0.946 bits per heavy atom. The van der Waals surface area contributed by atoms with Crippen LogP contribution >= 0.6 is 11.6 Å². The minimum absolute atomic E-state index is 0.0339. The first-order valence-corrected chi connectivity index (χ1v) is 13.9. The summed E-state index contributed by atoms with van der Waals surface area (Å²) in [7, 11) is -3.91. The Labute approximate surface area is 221 Å². The number of hydrogen-bond acceptors (Lipinski definition) is 4. The average molecular weight is 546 g/mol. The Hall–Kier alpha value is -3.43. The number of nitrogens with zero attached hydrogens (tertiary/aromatic N) is 2. The van der Waals surface area contributed by atoms with Crippen LogP contribution in [0.4, 0.5) is 10.1 Å². The average Bonchev–Trinajstić information content (AvgIpc) is 2.86. The Bertz CT molecular complexity index is 1320. The molecule has 3 rings (SSSR count). The van der Waals surface area contributed by atoms with Crippen molar-refractivity contribution in [1.82, 2.24) is 10.2 Å². The first kappa shape index (κ1) is 28.1. The SMILES string of the molecule is CCNC(=O)[C@@H](Cc1ccccc1)N(Cc1ccc(F)cc1)C(=O)CN(c1ccccc1Cl)S(C)(=O)=O. The van der Waals surface area contributed by atoms with Gasteiger partial charge in [0.15, 0.2) is 0 Å². The van der Waals surface area contributed by atoms with Gasteiger partial charge in [-0.05, 0) is 42.3 Å². The molecule has 10 heteroatoms. The Kier molecular flexibility index (Phi) is 9.66. The fraction of sp³-hybridized carbons (Fsp3) is 0.259. The van der Waals surface area contributed by atoms with Crippen LogP contribution in [0.15, 0.2) is 78.9 Å². The van der Waals surface area contributed by atoms with Gasteiger partial charge in [0.2, 0.25) is 21.8 Å². The fourth-order valence-electron chi connectivity index (χ4n) is 3.88. The van der Waals surface area contributed by atoms with E-state index in [0.29, 0.717) is 12.1 Å². The zero-order valence-corrected chi connectivity index (χ0v) is 22.2. The van der Waals surface area contributed by atoms with Gasteiger partial charge in [0.1, 0.15) is 18.4 Å². The zero-order chi connectivity index (χ0) is 27.0. The van der Waals surface area contributed by atoms with Crippen molar-refractivity contribution in [3.63, 3.8) is 0 Å². The van der Waals surface area contributed by atoms with Gasteiger partial charge < -0.3 is 10.2 Å². The Morgan fingerprint density at radius 2 is 1.57 bits per heavy atom. The predicted octanol–water partition coefficient (Wildman–Crippen LogP) is 4.02. The highest BCUT2D eigenvalue weighted by Gasteiger charge is 2.33. The number of anilines is 1. The molecule has 0 aliphatic rings. The molecular formula is C27H29ClFN3O4S. The maximum absolute atomic E-state index is 13.8. The number of carbonyl (C=O) groups is 2. The Morgan fingerprint density at radius 3 is 2.16 bits per heavy atom. The van der Waals surface area contributed by atoms with E-state index in [4.69, 9.17) is 11.6 Å². The molecule has 37 heavy (non-hydrogen) atoms. The van der Waals surface area contributed by atoms with Crippen LogP contribution in [0.2, 0.25) is 5.02 Å². The molecule has 0 heterocycles. The molecule has 0 spiro atoms. The van der Waals surface area contributed by atoms with Crippen molar-refractivity contribution in [3.05, 3.63) is 101 Å². The molecule has 3 aromatic rings. The van der Waals surface area contributed by atoms with Crippen molar-refractivity contribution in [1.29, 1.82) is 0 Å². The normalized spacial score (nSPS) is 12.0. The van der Waals surface area contributed by atoms with Crippen molar-refractivity contribution < 1.29 is 22.4 Å². The minimum atomic E-state index is -3.91. The lowest BCUT2D eigenvalue weighted by Crippen LogP contribution is -2.53. The summed E-state index contributed by atoms with van der Waals surface area (Å²) in [6.45, 7) is 1.51. The van der Waals surface area contributed by atoms with Crippen LogP contribution in [0.25, 0.3) is 0 Å². The molecule has 3 aromatic carbocycles. The highest BCUT2D eigenvalue weighted by molar-refractivity contribution is 7.92. The number of carbonyl (C=O) groups excluding carboxylic acids is 2. The summed E-state index contributed by atoms with van der Waals surface area (Å²) in [6.07, 6.45) is 1.18. The molecule has 0 unspecified atom stereocenters. The zero-order valence-electron chi connectivity index (χ0n) is 20.6. The van der Waals surface area contributed by atoms with Crippen LogP contribution in [0.1, 0.15) is 18.1 Å². The molecule has 0 radical (unpaired) electrons. The van der Waals surface area contributed by atoms with Crippen molar-refractivity contribution in [3.8, 4) is 0 Å². The van der Waals surface area contributed by atoms with Gasteiger partial charge in [0, 0.05) is 19.5 Å². The van der Waals surface area contributed by atoms with Crippen molar-refractivity contribution in [2.45, 2.75) is 25.9 Å². The molecule has 2 amide bonds. The van der Waals surface area contributed by atoms with Crippen molar-refractivity contribution >= 4 is 39.1 Å². The van der Waals surface area contributed by atoms with E-state index in [0.717, 1.165) is 16.1 Å². The van der Waals surface area contributed by atoms with E-state index >= 15 is 0 Å². The summed E-state index contributed by atoms with van der Waals surface area (Å²) >= 11 is 6.26. The number of para-hydroxylation sites is 1. The van der Waals surface area contributed by atoms with Gasteiger partial charge in [-0.2, -0.15) is 0 Å². The lowest BCUT2D eigenvalue weighted by atomic mass is 10.0. The molecule has 1 atom stereocenters. The number of nitrogens with one attached hydrogen (secondary N) is 1. The monoisotopic (exact) mass is 545 g/mol.